The van der Waals surface area contributed by atoms with Crippen LogP contribution in [0.2, 0.25) is 0 Å². The minimum atomic E-state index is -0.328. The predicted octanol–water partition coefficient (Wildman–Crippen LogP) is 3.26. The number of ether oxygens (including phenoxy) is 1. The van der Waals surface area contributed by atoms with Gasteiger partial charge in [0.1, 0.15) is 17.5 Å². The SMILES string of the molecule is Cc1nc2c(c(C)c1C)C(N)=C(CO/C(=N\N)c1ccc(F)cc1)CS2. The van der Waals surface area contributed by atoms with Crippen LogP contribution in [0.4, 0.5) is 4.39 Å². The molecule has 0 fully saturated rings. The van der Waals surface area contributed by atoms with Crippen molar-refractivity contribution in [2.75, 3.05) is 12.4 Å². The predicted molar refractivity (Wildman–Crippen MR) is 103 cm³/mol. The lowest BCUT2D eigenvalue weighted by Crippen LogP contribution is -2.19. The van der Waals surface area contributed by atoms with Crippen LogP contribution in [0.5, 0.6) is 0 Å². The lowest BCUT2D eigenvalue weighted by molar-refractivity contribution is 0.340. The molecule has 2 aromatic rings. The zero-order chi connectivity index (χ0) is 18.8. The maximum absolute atomic E-state index is 13.1. The number of pyridine rings is 1. The molecule has 0 saturated carbocycles. The van der Waals surface area contributed by atoms with E-state index in [-0.39, 0.29) is 18.3 Å². The highest BCUT2D eigenvalue weighted by Gasteiger charge is 2.23. The minimum Gasteiger partial charge on any atom is -0.472 e. The third-order valence-corrected chi connectivity index (χ3v) is 5.65. The van der Waals surface area contributed by atoms with Crippen molar-refractivity contribution in [1.29, 1.82) is 0 Å². The summed E-state index contributed by atoms with van der Waals surface area (Å²) in [6, 6.07) is 5.82. The van der Waals surface area contributed by atoms with E-state index in [9.17, 15) is 4.39 Å². The molecule has 1 aliphatic heterocycles. The average molecular weight is 372 g/mol. The topological polar surface area (TPSA) is 86.5 Å². The molecule has 0 saturated heterocycles. The number of nitrogens with two attached hydrogens (primary N) is 2. The molecule has 0 radical (unpaired) electrons. The fraction of sp³-hybridized carbons (Fsp3) is 0.263. The molecule has 1 aliphatic rings. The van der Waals surface area contributed by atoms with Crippen LogP contribution in [0.15, 0.2) is 40.0 Å². The van der Waals surface area contributed by atoms with Crippen molar-refractivity contribution in [1.82, 2.24) is 4.98 Å². The molecule has 0 aliphatic carbocycles. The van der Waals surface area contributed by atoms with Crippen LogP contribution in [0.1, 0.15) is 27.9 Å². The molecule has 1 aromatic carbocycles. The van der Waals surface area contributed by atoms with Gasteiger partial charge in [-0.05, 0) is 56.2 Å². The van der Waals surface area contributed by atoms with Crippen LogP contribution in [-0.4, -0.2) is 23.2 Å². The third kappa shape index (κ3) is 3.39. The van der Waals surface area contributed by atoms with E-state index >= 15 is 0 Å². The summed E-state index contributed by atoms with van der Waals surface area (Å²) in [5, 5.41) is 4.63. The van der Waals surface area contributed by atoms with Gasteiger partial charge in [0.15, 0.2) is 0 Å². The Labute approximate surface area is 156 Å². The number of halogens is 1. The number of hydrazone groups is 1. The van der Waals surface area contributed by atoms with E-state index in [0.717, 1.165) is 33.0 Å². The number of hydrogen-bond donors (Lipinski definition) is 2. The van der Waals surface area contributed by atoms with Crippen molar-refractivity contribution in [3.63, 3.8) is 0 Å². The normalized spacial score (nSPS) is 14.4. The van der Waals surface area contributed by atoms with Crippen LogP contribution < -0.4 is 11.6 Å². The molecule has 0 spiro atoms. The Hall–Kier alpha value is -2.54. The monoisotopic (exact) mass is 372 g/mol. The maximum Gasteiger partial charge on any atom is 0.237 e. The Bertz CT molecular complexity index is 907. The highest BCUT2D eigenvalue weighted by atomic mass is 32.2. The van der Waals surface area contributed by atoms with Crippen LogP contribution in [-0.2, 0) is 4.74 Å². The first-order valence-electron chi connectivity index (χ1n) is 8.17. The van der Waals surface area contributed by atoms with Crippen molar-refractivity contribution in [2.45, 2.75) is 25.8 Å². The van der Waals surface area contributed by atoms with Gasteiger partial charge in [0.25, 0.3) is 0 Å². The number of benzene rings is 1. The highest BCUT2D eigenvalue weighted by Crippen LogP contribution is 2.37. The van der Waals surface area contributed by atoms with Gasteiger partial charge >= 0.3 is 0 Å². The van der Waals surface area contributed by atoms with Crippen LogP contribution in [0.3, 0.4) is 0 Å². The Morgan fingerprint density at radius 3 is 2.58 bits per heavy atom. The second kappa shape index (κ2) is 7.37. The van der Waals surface area contributed by atoms with E-state index in [0.29, 0.717) is 17.0 Å². The number of hydrogen-bond acceptors (Lipinski definition) is 6. The van der Waals surface area contributed by atoms with Crippen molar-refractivity contribution in [2.24, 2.45) is 16.7 Å². The van der Waals surface area contributed by atoms with Crippen molar-refractivity contribution < 1.29 is 9.13 Å². The number of aromatic nitrogens is 1. The standard InChI is InChI=1S/C19H21FN4OS/c1-10-11(2)16-17(21)14(9-26-19(16)23-12(10)3)8-25-18(24-22)13-4-6-15(20)7-5-13/h4-7H,8-9,21-22H2,1-3H3/b24-18-. The first-order valence-corrected chi connectivity index (χ1v) is 9.16. The smallest absolute Gasteiger partial charge is 0.237 e. The highest BCUT2D eigenvalue weighted by molar-refractivity contribution is 7.99. The quantitative estimate of drug-likeness (QED) is 0.374. The Balaban J connectivity index is 1.85. The Morgan fingerprint density at radius 1 is 1.23 bits per heavy atom. The Kier molecular flexibility index (Phi) is 5.18. The van der Waals surface area contributed by atoms with Crippen LogP contribution in [0, 0.1) is 26.6 Å². The third-order valence-electron chi connectivity index (χ3n) is 4.59. The lowest BCUT2D eigenvalue weighted by atomic mass is 9.99. The molecule has 0 unspecified atom stereocenters. The molecule has 0 bridgehead atoms. The molecular weight excluding hydrogens is 351 g/mol. The first-order chi connectivity index (χ1) is 12.4. The summed E-state index contributed by atoms with van der Waals surface area (Å²) < 4.78 is 18.8. The van der Waals surface area contributed by atoms with E-state index in [4.69, 9.17) is 16.3 Å². The number of fused-ring (bicyclic) bond motifs is 1. The van der Waals surface area contributed by atoms with Gasteiger partial charge in [0, 0.05) is 33.8 Å². The molecular formula is C19H21FN4OS. The molecule has 1 aromatic heterocycles. The molecule has 26 heavy (non-hydrogen) atoms. The molecule has 3 rings (SSSR count). The lowest BCUT2D eigenvalue weighted by Gasteiger charge is -2.23. The van der Waals surface area contributed by atoms with Gasteiger partial charge in [0.2, 0.25) is 5.90 Å². The van der Waals surface area contributed by atoms with E-state index < -0.39 is 0 Å². The van der Waals surface area contributed by atoms with E-state index in [1.165, 1.54) is 12.1 Å². The summed E-state index contributed by atoms with van der Waals surface area (Å²) in [6.07, 6.45) is 0. The summed E-state index contributed by atoms with van der Waals surface area (Å²) in [5.74, 6) is 6.05. The second-order valence-corrected chi connectivity index (χ2v) is 7.13. The van der Waals surface area contributed by atoms with E-state index in [1.54, 1.807) is 23.9 Å². The van der Waals surface area contributed by atoms with Crippen LogP contribution in [0.25, 0.3) is 5.70 Å². The average Bonchev–Trinajstić information content (AvgIpc) is 2.63. The van der Waals surface area contributed by atoms with Gasteiger partial charge in [-0.2, -0.15) is 0 Å². The minimum absolute atomic E-state index is 0.246. The molecule has 0 atom stereocenters. The summed E-state index contributed by atoms with van der Waals surface area (Å²) in [4.78, 5) is 4.65. The number of thioether (sulfide) groups is 1. The number of rotatable bonds is 3. The van der Waals surface area contributed by atoms with Crippen molar-refractivity contribution in [3.05, 3.63) is 63.6 Å². The second-order valence-electron chi connectivity index (χ2n) is 6.16. The van der Waals surface area contributed by atoms with Gasteiger partial charge in [0.05, 0.1) is 0 Å². The first kappa shape index (κ1) is 18.3. The summed E-state index contributed by atoms with van der Waals surface area (Å²) >= 11 is 1.64. The zero-order valence-corrected chi connectivity index (χ0v) is 15.8. The van der Waals surface area contributed by atoms with Gasteiger partial charge in [-0.15, -0.1) is 16.9 Å². The fourth-order valence-electron chi connectivity index (χ4n) is 2.81. The van der Waals surface area contributed by atoms with Crippen LogP contribution >= 0.6 is 11.8 Å². The van der Waals surface area contributed by atoms with E-state index in [2.05, 4.69) is 17.0 Å². The Morgan fingerprint density at radius 2 is 1.92 bits per heavy atom. The molecule has 4 N–H and O–H groups in total. The zero-order valence-electron chi connectivity index (χ0n) is 15.0. The van der Waals surface area contributed by atoms with Crippen molar-refractivity contribution in [3.8, 4) is 0 Å². The van der Waals surface area contributed by atoms with Gasteiger partial charge < -0.3 is 16.3 Å². The molecule has 7 heteroatoms. The maximum atomic E-state index is 13.1. The van der Waals surface area contributed by atoms with Crippen molar-refractivity contribution >= 4 is 23.4 Å². The largest absolute Gasteiger partial charge is 0.472 e. The fourth-order valence-corrected chi connectivity index (χ4v) is 3.96. The molecule has 136 valence electrons. The summed E-state index contributed by atoms with van der Waals surface area (Å²) in [7, 11) is 0. The van der Waals surface area contributed by atoms with E-state index in [1.807, 2.05) is 13.8 Å². The van der Waals surface area contributed by atoms with Gasteiger partial charge in [-0.25, -0.2) is 9.37 Å². The molecule has 5 nitrogen and oxygen atoms in total. The summed E-state index contributed by atoms with van der Waals surface area (Å²) in [5.41, 5.74) is 13.0. The molecule has 2 heterocycles. The van der Waals surface area contributed by atoms with Gasteiger partial charge in [-0.1, -0.05) is 0 Å². The van der Waals surface area contributed by atoms with Gasteiger partial charge in [-0.3, -0.25) is 0 Å². The molecule has 0 amide bonds. The summed E-state index contributed by atoms with van der Waals surface area (Å²) in [6.45, 7) is 6.38. The number of nitrogens with zero attached hydrogens (tertiary/aromatic N) is 2. The number of aryl methyl sites for hydroxylation is 1.